The zero-order chi connectivity index (χ0) is 32.9. The molecule has 4 heteroatoms. The van der Waals surface area contributed by atoms with Crippen LogP contribution >= 0.6 is 0 Å². The first-order chi connectivity index (χ1) is 22.5. The van der Waals surface area contributed by atoms with Gasteiger partial charge in [0, 0.05) is 27.4 Å². The molecule has 0 aromatic rings. The smallest absolute Gasteiger partial charge is 0.0518 e. The molecule has 4 aliphatic rings. The first-order valence-corrected chi connectivity index (χ1v) is 20.7. The largest absolute Gasteiger partial charge is 0.396 e. The van der Waals surface area contributed by atoms with Crippen LogP contribution in [-0.4, -0.2) is 50.9 Å². The molecule has 280 valence electrons. The molecule has 0 aliphatic heterocycles. The summed E-state index contributed by atoms with van der Waals surface area (Å²) in [7, 11) is 3.70. The van der Waals surface area contributed by atoms with Gasteiger partial charge >= 0.3 is 0 Å². The second-order valence-corrected chi connectivity index (χ2v) is 17.3. The second-order valence-electron chi connectivity index (χ2n) is 17.3. The van der Waals surface area contributed by atoms with Crippen LogP contribution in [0.25, 0.3) is 0 Å². The van der Waals surface area contributed by atoms with E-state index in [-0.39, 0.29) is 7.43 Å². The van der Waals surface area contributed by atoms with Crippen molar-refractivity contribution in [2.75, 3.05) is 40.6 Å². The topological polar surface area (TPSA) is 58.9 Å². The third-order valence-corrected chi connectivity index (χ3v) is 12.7. The van der Waals surface area contributed by atoms with E-state index in [4.69, 9.17) is 9.47 Å². The van der Waals surface area contributed by atoms with Crippen molar-refractivity contribution in [1.29, 1.82) is 0 Å². The zero-order valence-corrected chi connectivity index (χ0v) is 31.2. The fourth-order valence-corrected chi connectivity index (χ4v) is 8.06. The fraction of sp³-hybridized carbons (Fsp3) is 1.00. The van der Waals surface area contributed by atoms with E-state index in [1.165, 1.54) is 205 Å². The molecule has 4 aliphatic carbocycles. The molecule has 4 rings (SSSR count). The predicted molar refractivity (Wildman–Crippen MR) is 202 cm³/mol. The standard InChI is InChI=1S/C22H42O2.C20H38O2.CH4/c1-23-19-21(15-16-21)13-11-9-7-5-3-4-6-8-10-12-14-22(17-18-22)20-24-2;21-17-19(13-14-19)11-9-7-5-3-1-2-4-6-8-10-12-20(18-22)15-16-20;/h3-20H2,1-2H3;21-22H,1-18H2;1H4. The number of aliphatic hydroxyl groups is 2. The van der Waals surface area contributed by atoms with Crippen LogP contribution in [0.1, 0.15) is 213 Å². The number of aliphatic hydroxyl groups excluding tert-OH is 2. The molecule has 0 radical (unpaired) electrons. The minimum Gasteiger partial charge on any atom is -0.396 e. The third kappa shape index (κ3) is 19.1. The third-order valence-electron chi connectivity index (χ3n) is 12.7. The van der Waals surface area contributed by atoms with Gasteiger partial charge < -0.3 is 19.7 Å². The van der Waals surface area contributed by atoms with Crippen LogP contribution in [0.3, 0.4) is 0 Å². The molecule has 0 spiro atoms. The minimum absolute atomic E-state index is 0. The van der Waals surface area contributed by atoms with Crippen LogP contribution in [-0.2, 0) is 9.47 Å². The Morgan fingerprint density at radius 2 is 0.532 bits per heavy atom. The molecule has 0 aromatic heterocycles. The Labute approximate surface area is 294 Å². The SMILES string of the molecule is C.COCC1(CCCCCCCCCCCCC2(COC)CC2)CC1.OCC1(CCCCCCCCCCCCC2(CO)CC2)CC1. The first-order valence-electron chi connectivity index (χ1n) is 20.7. The quantitative estimate of drug-likeness (QED) is 0.0703. The van der Waals surface area contributed by atoms with Gasteiger partial charge in [0.2, 0.25) is 0 Å². The van der Waals surface area contributed by atoms with Crippen molar-refractivity contribution in [2.24, 2.45) is 21.7 Å². The maximum Gasteiger partial charge on any atom is 0.0518 e. The molecule has 47 heavy (non-hydrogen) atoms. The average Bonchev–Trinajstić information content (AvgIpc) is 3.87. The predicted octanol–water partition coefficient (Wildman–Crippen LogP) is 12.4. The highest BCUT2D eigenvalue weighted by Crippen LogP contribution is 2.51. The Morgan fingerprint density at radius 3 is 0.702 bits per heavy atom. The number of hydrogen-bond acceptors (Lipinski definition) is 4. The van der Waals surface area contributed by atoms with Crippen molar-refractivity contribution in [3.8, 4) is 0 Å². The summed E-state index contributed by atoms with van der Waals surface area (Å²) < 4.78 is 10.7. The Hall–Kier alpha value is -0.160. The highest BCUT2D eigenvalue weighted by molar-refractivity contribution is 4.94. The van der Waals surface area contributed by atoms with Gasteiger partial charge in [0.1, 0.15) is 0 Å². The van der Waals surface area contributed by atoms with Gasteiger partial charge in [-0.3, -0.25) is 0 Å². The Morgan fingerprint density at radius 1 is 0.340 bits per heavy atom. The maximum absolute atomic E-state index is 9.27. The van der Waals surface area contributed by atoms with Crippen LogP contribution in [0, 0.1) is 21.7 Å². The van der Waals surface area contributed by atoms with Gasteiger partial charge in [0.25, 0.3) is 0 Å². The van der Waals surface area contributed by atoms with Gasteiger partial charge in [-0.25, -0.2) is 0 Å². The lowest BCUT2D eigenvalue weighted by atomic mass is 9.97. The average molecular weight is 665 g/mol. The summed E-state index contributed by atoms with van der Waals surface area (Å²) in [5.41, 5.74) is 1.96. The summed E-state index contributed by atoms with van der Waals surface area (Å²) in [6, 6.07) is 0. The van der Waals surface area contributed by atoms with Gasteiger partial charge in [-0.15, -0.1) is 0 Å². The van der Waals surface area contributed by atoms with Gasteiger partial charge in [-0.05, 0) is 98.7 Å². The summed E-state index contributed by atoms with van der Waals surface area (Å²) in [6.07, 6.45) is 44.3. The molecular weight excluding hydrogens is 580 g/mol. The lowest BCUT2D eigenvalue weighted by Crippen LogP contribution is -2.08. The summed E-state index contributed by atoms with van der Waals surface area (Å²) in [5.74, 6) is 0. The fourth-order valence-electron chi connectivity index (χ4n) is 8.06. The summed E-state index contributed by atoms with van der Waals surface area (Å²) in [4.78, 5) is 0. The zero-order valence-electron chi connectivity index (χ0n) is 31.2. The van der Waals surface area contributed by atoms with E-state index in [2.05, 4.69) is 0 Å². The van der Waals surface area contributed by atoms with Crippen LogP contribution in [0.15, 0.2) is 0 Å². The number of unbranched alkanes of at least 4 members (excludes halogenated alkanes) is 18. The monoisotopic (exact) mass is 665 g/mol. The molecular formula is C43H84O4. The normalized spacial score (nSPS) is 20.2. The highest BCUT2D eigenvalue weighted by Gasteiger charge is 2.43. The highest BCUT2D eigenvalue weighted by atomic mass is 16.5. The maximum atomic E-state index is 9.27. The molecule has 2 N–H and O–H groups in total. The van der Waals surface area contributed by atoms with Gasteiger partial charge in [0.05, 0.1) is 13.2 Å². The van der Waals surface area contributed by atoms with Crippen LogP contribution in [0.2, 0.25) is 0 Å². The molecule has 0 saturated heterocycles. The Bertz CT molecular complexity index is 672. The molecule has 0 unspecified atom stereocenters. The van der Waals surface area contributed by atoms with Crippen LogP contribution in [0.5, 0.6) is 0 Å². The van der Waals surface area contributed by atoms with Crippen molar-refractivity contribution < 1.29 is 19.7 Å². The molecule has 4 nitrogen and oxygen atoms in total. The van der Waals surface area contributed by atoms with E-state index in [0.717, 1.165) is 13.2 Å². The molecule has 4 fully saturated rings. The molecule has 4 saturated carbocycles. The lowest BCUT2D eigenvalue weighted by molar-refractivity contribution is 0.134. The number of rotatable bonds is 32. The van der Waals surface area contributed by atoms with Crippen molar-refractivity contribution in [3.05, 3.63) is 0 Å². The van der Waals surface area contributed by atoms with E-state index in [0.29, 0.717) is 34.9 Å². The summed E-state index contributed by atoms with van der Waals surface area (Å²) >= 11 is 0. The van der Waals surface area contributed by atoms with Crippen LogP contribution in [0.4, 0.5) is 0 Å². The summed E-state index contributed by atoms with van der Waals surface area (Å²) in [6.45, 7) is 2.85. The van der Waals surface area contributed by atoms with E-state index >= 15 is 0 Å². The van der Waals surface area contributed by atoms with Gasteiger partial charge in [-0.1, -0.05) is 136 Å². The molecule has 0 bridgehead atoms. The number of methoxy groups -OCH3 is 2. The number of ether oxygens (including phenoxy) is 2. The van der Waals surface area contributed by atoms with Gasteiger partial charge in [-0.2, -0.15) is 0 Å². The second kappa shape index (κ2) is 24.1. The Balaban J connectivity index is 0.000000321. The van der Waals surface area contributed by atoms with Crippen molar-refractivity contribution in [3.63, 3.8) is 0 Å². The molecule has 0 aromatic carbocycles. The van der Waals surface area contributed by atoms with Gasteiger partial charge in [0.15, 0.2) is 0 Å². The lowest BCUT2D eigenvalue weighted by Gasteiger charge is -2.13. The van der Waals surface area contributed by atoms with Crippen molar-refractivity contribution >= 4 is 0 Å². The van der Waals surface area contributed by atoms with Crippen LogP contribution < -0.4 is 0 Å². The van der Waals surface area contributed by atoms with E-state index in [9.17, 15) is 10.2 Å². The number of hydrogen-bond donors (Lipinski definition) is 2. The van der Waals surface area contributed by atoms with Crippen molar-refractivity contribution in [1.82, 2.24) is 0 Å². The first kappa shape index (κ1) is 43.0. The molecule has 0 amide bonds. The van der Waals surface area contributed by atoms with E-state index in [1.54, 1.807) is 0 Å². The minimum atomic E-state index is 0. The Kier molecular flexibility index (Phi) is 22.1. The molecule has 0 heterocycles. The van der Waals surface area contributed by atoms with Crippen molar-refractivity contribution in [2.45, 2.75) is 213 Å². The molecule has 0 atom stereocenters. The van der Waals surface area contributed by atoms with E-state index < -0.39 is 0 Å². The van der Waals surface area contributed by atoms with E-state index in [1.807, 2.05) is 14.2 Å². The summed E-state index contributed by atoms with van der Waals surface area (Å²) in [5, 5.41) is 18.5.